The molecule has 1 aromatic rings. The van der Waals surface area contributed by atoms with Crippen molar-refractivity contribution >= 4 is 5.97 Å². The highest BCUT2D eigenvalue weighted by atomic mass is 16.5. The molecule has 0 aliphatic heterocycles. The molecule has 0 aliphatic carbocycles. The number of hydrogen-bond acceptors (Lipinski definition) is 4. The molecular formula is C6H5N2O2. The van der Waals surface area contributed by atoms with Gasteiger partial charge in [0.1, 0.15) is 0 Å². The lowest BCUT2D eigenvalue weighted by Crippen LogP contribution is -2.02. The maximum Gasteiger partial charge on any atom is 0.309 e. The maximum atomic E-state index is 10.3. The van der Waals surface area contributed by atoms with Crippen molar-refractivity contribution in [3.8, 4) is 5.88 Å². The maximum absolute atomic E-state index is 10.3. The smallest absolute Gasteiger partial charge is 0.309 e. The fourth-order valence-electron chi connectivity index (χ4n) is 0.454. The van der Waals surface area contributed by atoms with Crippen LogP contribution in [0.15, 0.2) is 12.3 Å². The first-order valence-electron chi connectivity index (χ1n) is 2.66. The summed E-state index contributed by atoms with van der Waals surface area (Å²) in [6.07, 6.45) is 3.74. The summed E-state index contributed by atoms with van der Waals surface area (Å²) in [6.45, 7) is 1.31. The van der Waals surface area contributed by atoms with Crippen molar-refractivity contribution in [2.75, 3.05) is 0 Å². The highest BCUT2D eigenvalue weighted by Gasteiger charge is 1.95. The molecule has 0 N–H and O–H groups in total. The van der Waals surface area contributed by atoms with Gasteiger partial charge in [0.05, 0.1) is 0 Å². The van der Waals surface area contributed by atoms with Crippen LogP contribution in [-0.2, 0) is 4.79 Å². The summed E-state index contributed by atoms with van der Waals surface area (Å²) < 4.78 is 4.59. The number of esters is 1. The van der Waals surface area contributed by atoms with Crippen LogP contribution in [0.2, 0.25) is 0 Å². The van der Waals surface area contributed by atoms with Crippen molar-refractivity contribution in [2.24, 2.45) is 0 Å². The molecule has 51 valence electrons. The standard InChI is InChI=1S/C6H5N2O2/c1-5(9)10-6-2-3-7-4-8-6/h2-3H,1H3. The minimum atomic E-state index is -0.396. The number of ether oxygens (including phenoxy) is 1. The van der Waals surface area contributed by atoms with Gasteiger partial charge in [-0.1, -0.05) is 0 Å². The molecule has 0 spiro atoms. The number of rotatable bonds is 1. The van der Waals surface area contributed by atoms with Crippen LogP contribution in [0.25, 0.3) is 0 Å². The summed E-state index contributed by atoms with van der Waals surface area (Å²) in [5.41, 5.74) is 0. The molecule has 0 saturated carbocycles. The lowest BCUT2D eigenvalue weighted by molar-refractivity contribution is -0.132. The van der Waals surface area contributed by atoms with E-state index in [1.807, 2.05) is 0 Å². The zero-order chi connectivity index (χ0) is 7.40. The fraction of sp³-hybridized carbons (Fsp3) is 0.167. The Bertz CT molecular complexity index is 222. The summed E-state index contributed by atoms with van der Waals surface area (Å²) in [5, 5.41) is 0. The molecule has 1 radical (unpaired) electrons. The molecule has 0 aliphatic rings. The van der Waals surface area contributed by atoms with Gasteiger partial charge in [0.15, 0.2) is 0 Å². The first-order chi connectivity index (χ1) is 4.79. The minimum Gasteiger partial charge on any atom is -0.408 e. The van der Waals surface area contributed by atoms with E-state index in [1.54, 1.807) is 0 Å². The van der Waals surface area contributed by atoms with Crippen molar-refractivity contribution in [3.05, 3.63) is 18.6 Å². The van der Waals surface area contributed by atoms with Gasteiger partial charge in [0.2, 0.25) is 12.2 Å². The molecule has 0 saturated heterocycles. The van der Waals surface area contributed by atoms with Crippen LogP contribution >= 0.6 is 0 Å². The third-order valence-electron chi connectivity index (χ3n) is 0.758. The van der Waals surface area contributed by atoms with Crippen molar-refractivity contribution in [2.45, 2.75) is 6.92 Å². The molecule has 0 bridgehead atoms. The monoisotopic (exact) mass is 137 g/mol. The van der Waals surface area contributed by atoms with Crippen LogP contribution in [0.3, 0.4) is 0 Å². The van der Waals surface area contributed by atoms with Gasteiger partial charge in [-0.3, -0.25) is 4.79 Å². The number of nitrogens with zero attached hydrogens (tertiary/aromatic N) is 2. The zero-order valence-corrected chi connectivity index (χ0v) is 5.37. The average Bonchev–Trinajstić information content (AvgIpc) is 1.88. The minimum absolute atomic E-state index is 0.225. The first kappa shape index (κ1) is 6.67. The predicted molar refractivity (Wildman–Crippen MR) is 32.2 cm³/mol. The van der Waals surface area contributed by atoms with Gasteiger partial charge in [-0.25, -0.2) is 4.98 Å². The van der Waals surface area contributed by atoms with Crippen molar-refractivity contribution in [1.29, 1.82) is 0 Å². The quantitative estimate of drug-likeness (QED) is 0.519. The number of hydrogen-bond donors (Lipinski definition) is 0. The second-order valence-corrected chi connectivity index (χ2v) is 1.59. The lowest BCUT2D eigenvalue weighted by Gasteiger charge is -1.94. The van der Waals surface area contributed by atoms with E-state index in [-0.39, 0.29) is 5.88 Å². The Labute approximate surface area is 57.9 Å². The molecule has 1 rings (SSSR count). The zero-order valence-electron chi connectivity index (χ0n) is 5.37. The summed E-state index contributed by atoms with van der Waals surface area (Å²) in [4.78, 5) is 17.4. The summed E-state index contributed by atoms with van der Waals surface area (Å²) in [5.74, 6) is -0.172. The van der Waals surface area contributed by atoms with Crippen molar-refractivity contribution in [3.63, 3.8) is 0 Å². The van der Waals surface area contributed by atoms with Gasteiger partial charge in [-0.05, 0) is 0 Å². The van der Waals surface area contributed by atoms with E-state index in [0.717, 1.165) is 0 Å². The van der Waals surface area contributed by atoms with E-state index < -0.39 is 5.97 Å². The number of carbonyl (C=O) groups excluding carboxylic acids is 1. The van der Waals surface area contributed by atoms with E-state index >= 15 is 0 Å². The molecule has 1 heterocycles. The van der Waals surface area contributed by atoms with Crippen LogP contribution in [-0.4, -0.2) is 15.9 Å². The molecule has 10 heavy (non-hydrogen) atoms. The Morgan fingerprint density at radius 2 is 2.60 bits per heavy atom. The van der Waals surface area contributed by atoms with Gasteiger partial charge in [0.25, 0.3) is 0 Å². The second kappa shape index (κ2) is 2.91. The Kier molecular flexibility index (Phi) is 1.94. The van der Waals surface area contributed by atoms with Crippen LogP contribution in [0.1, 0.15) is 6.92 Å². The third-order valence-corrected chi connectivity index (χ3v) is 0.758. The molecule has 0 fully saturated rings. The molecular weight excluding hydrogens is 132 g/mol. The van der Waals surface area contributed by atoms with Crippen LogP contribution < -0.4 is 4.74 Å². The largest absolute Gasteiger partial charge is 0.408 e. The summed E-state index contributed by atoms with van der Waals surface area (Å²) in [6, 6.07) is 1.48. The second-order valence-electron chi connectivity index (χ2n) is 1.59. The van der Waals surface area contributed by atoms with E-state index in [2.05, 4.69) is 21.0 Å². The Hall–Kier alpha value is -1.45. The van der Waals surface area contributed by atoms with E-state index in [1.165, 1.54) is 19.2 Å². The van der Waals surface area contributed by atoms with Gasteiger partial charge >= 0.3 is 5.97 Å². The van der Waals surface area contributed by atoms with E-state index in [4.69, 9.17) is 0 Å². The third kappa shape index (κ3) is 1.81. The average molecular weight is 137 g/mol. The SMILES string of the molecule is CC(=O)Oc1ccn[c]n1. The highest BCUT2D eigenvalue weighted by molar-refractivity contribution is 5.68. The summed E-state index contributed by atoms with van der Waals surface area (Å²) in [7, 11) is 0. The molecule has 1 aromatic heterocycles. The van der Waals surface area contributed by atoms with E-state index in [9.17, 15) is 4.79 Å². The number of aromatic nitrogens is 2. The van der Waals surface area contributed by atoms with Gasteiger partial charge in [-0.15, -0.1) is 0 Å². The molecule has 0 atom stereocenters. The normalized spacial score (nSPS) is 8.90. The van der Waals surface area contributed by atoms with Gasteiger partial charge in [-0.2, -0.15) is 4.98 Å². The predicted octanol–water partition coefficient (Wildman–Crippen LogP) is 0.202. The van der Waals surface area contributed by atoms with Gasteiger partial charge in [0, 0.05) is 19.2 Å². The van der Waals surface area contributed by atoms with Gasteiger partial charge < -0.3 is 4.74 Å². The molecule has 0 aromatic carbocycles. The highest BCUT2D eigenvalue weighted by Crippen LogP contribution is 2.00. The summed E-state index contributed by atoms with van der Waals surface area (Å²) >= 11 is 0. The first-order valence-corrected chi connectivity index (χ1v) is 2.66. The Balaban J connectivity index is 2.67. The molecule has 4 heteroatoms. The Morgan fingerprint density at radius 1 is 1.80 bits per heavy atom. The van der Waals surface area contributed by atoms with Crippen LogP contribution in [0, 0.1) is 6.33 Å². The Morgan fingerprint density at radius 3 is 3.10 bits per heavy atom. The van der Waals surface area contributed by atoms with Crippen LogP contribution in [0.4, 0.5) is 0 Å². The fourth-order valence-corrected chi connectivity index (χ4v) is 0.454. The van der Waals surface area contributed by atoms with Crippen LogP contribution in [0.5, 0.6) is 5.88 Å². The topological polar surface area (TPSA) is 52.1 Å². The molecule has 0 amide bonds. The molecule has 4 nitrogen and oxygen atoms in total. The lowest BCUT2D eigenvalue weighted by atomic mass is 10.6. The van der Waals surface area contributed by atoms with E-state index in [0.29, 0.717) is 0 Å². The molecule has 0 unspecified atom stereocenters. The number of carbonyl (C=O) groups is 1. The van der Waals surface area contributed by atoms with Crippen molar-refractivity contribution < 1.29 is 9.53 Å². The van der Waals surface area contributed by atoms with Crippen molar-refractivity contribution in [1.82, 2.24) is 9.97 Å².